The topological polar surface area (TPSA) is 137 Å². The number of thiazole rings is 1. The van der Waals surface area contributed by atoms with E-state index in [2.05, 4.69) is 20.9 Å². The molecule has 1 fully saturated rings. The summed E-state index contributed by atoms with van der Waals surface area (Å²) in [4.78, 5) is 53.8. The van der Waals surface area contributed by atoms with Gasteiger partial charge in [-0.3, -0.25) is 14.4 Å². The van der Waals surface area contributed by atoms with E-state index in [1.165, 1.54) is 11.3 Å². The molecule has 0 spiro atoms. The van der Waals surface area contributed by atoms with Gasteiger partial charge >= 0.3 is 6.09 Å². The summed E-state index contributed by atoms with van der Waals surface area (Å²) in [7, 11) is 0. The molecule has 1 aliphatic heterocycles. The van der Waals surface area contributed by atoms with Crippen molar-refractivity contribution in [1.29, 1.82) is 0 Å². The van der Waals surface area contributed by atoms with Gasteiger partial charge in [0.25, 0.3) is 0 Å². The summed E-state index contributed by atoms with van der Waals surface area (Å²) in [5.41, 5.74) is 0.685. The van der Waals surface area contributed by atoms with E-state index in [1.54, 1.807) is 6.07 Å². The number of hydrogen-bond acceptors (Lipinski definition) is 6. The standard InChI is InChI=1S/C21H26N4O5S/c1-11(2)9-15(25-21(29)30)19(28)23-14(10-12-7-8-22-18(12)27)17(26)20-24-13-5-3-4-6-16(13)31-20/h3-6,11-12,14-15,25H,7-10H2,1-2H3,(H,22,27)(H,23,28)(H,29,30). The quantitative estimate of drug-likeness (QED) is 0.436. The molecule has 2 heterocycles. The Morgan fingerprint density at radius 2 is 1.97 bits per heavy atom. The Bertz CT molecular complexity index is 956. The predicted molar refractivity (Wildman–Crippen MR) is 116 cm³/mol. The van der Waals surface area contributed by atoms with E-state index in [0.717, 1.165) is 4.70 Å². The number of benzene rings is 1. The Morgan fingerprint density at radius 1 is 1.23 bits per heavy atom. The fourth-order valence-electron chi connectivity index (χ4n) is 3.64. The van der Waals surface area contributed by atoms with Gasteiger partial charge in [0.1, 0.15) is 6.04 Å². The van der Waals surface area contributed by atoms with E-state index in [1.807, 2.05) is 32.0 Å². The third-order valence-corrected chi connectivity index (χ3v) is 6.19. The fourth-order valence-corrected chi connectivity index (χ4v) is 4.60. The number of hydrogen-bond donors (Lipinski definition) is 4. The van der Waals surface area contributed by atoms with Gasteiger partial charge in [-0.05, 0) is 37.3 Å². The maximum atomic E-state index is 13.3. The zero-order valence-corrected chi connectivity index (χ0v) is 18.2. The van der Waals surface area contributed by atoms with E-state index in [9.17, 15) is 19.2 Å². The van der Waals surface area contributed by atoms with Crippen molar-refractivity contribution in [3.63, 3.8) is 0 Å². The molecule has 3 atom stereocenters. The van der Waals surface area contributed by atoms with E-state index < -0.39 is 30.0 Å². The van der Waals surface area contributed by atoms with E-state index in [4.69, 9.17) is 5.11 Å². The molecule has 3 unspecified atom stereocenters. The number of rotatable bonds is 9. The van der Waals surface area contributed by atoms with Crippen LogP contribution in [0.2, 0.25) is 0 Å². The zero-order valence-electron chi connectivity index (χ0n) is 17.4. The molecular weight excluding hydrogens is 420 g/mol. The van der Waals surface area contributed by atoms with E-state index in [0.29, 0.717) is 18.5 Å². The predicted octanol–water partition coefficient (Wildman–Crippen LogP) is 2.17. The lowest BCUT2D eigenvalue weighted by Crippen LogP contribution is -2.52. The van der Waals surface area contributed by atoms with Gasteiger partial charge in [0.05, 0.1) is 16.3 Å². The van der Waals surface area contributed by atoms with Crippen molar-refractivity contribution in [2.45, 2.75) is 45.2 Å². The van der Waals surface area contributed by atoms with Crippen LogP contribution < -0.4 is 16.0 Å². The lowest BCUT2D eigenvalue weighted by molar-refractivity contribution is -0.125. The second-order valence-electron chi connectivity index (χ2n) is 8.06. The number of fused-ring (bicyclic) bond motifs is 1. The van der Waals surface area contributed by atoms with Crippen molar-refractivity contribution < 1.29 is 24.3 Å². The molecule has 0 bridgehead atoms. The van der Waals surface area contributed by atoms with Gasteiger partial charge in [-0.1, -0.05) is 26.0 Å². The highest BCUT2D eigenvalue weighted by Crippen LogP contribution is 2.25. The molecule has 1 aromatic carbocycles. The molecule has 3 amide bonds. The van der Waals surface area contributed by atoms with Crippen molar-refractivity contribution in [3.05, 3.63) is 29.3 Å². The SMILES string of the molecule is CC(C)CC(NC(=O)O)C(=O)NC(CC1CCNC1=O)C(=O)c1nc2ccccc2s1. The molecule has 0 aliphatic carbocycles. The number of ketones is 1. The molecule has 1 saturated heterocycles. The van der Waals surface area contributed by atoms with Gasteiger partial charge < -0.3 is 21.1 Å². The largest absolute Gasteiger partial charge is 0.465 e. The lowest BCUT2D eigenvalue weighted by atomic mass is 9.95. The number of carbonyl (C=O) groups is 4. The van der Waals surface area contributed by atoms with E-state index >= 15 is 0 Å². The van der Waals surface area contributed by atoms with Crippen molar-refractivity contribution in [2.75, 3.05) is 6.54 Å². The van der Waals surface area contributed by atoms with Crippen molar-refractivity contribution >= 4 is 45.2 Å². The summed E-state index contributed by atoms with van der Waals surface area (Å²) < 4.78 is 0.847. The molecule has 0 saturated carbocycles. The first kappa shape index (κ1) is 22.7. The minimum absolute atomic E-state index is 0.0571. The molecule has 166 valence electrons. The van der Waals surface area contributed by atoms with Gasteiger partial charge in [0.2, 0.25) is 17.6 Å². The number of carboxylic acid groups (broad SMARTS) is 1. The van der Waals surface area contributed by atoms with Crippen molar-refractivity contribution in [3.8, 4) is 0 Å². The third kappa shape index (κ3) is 5.78. The van der Waals surface area contributed by atoms with Crippen LogP contribution in [0.1, 0.15) is 42.9 Å². The maximum Gasteiger partial charge on any atom is 0.405 e. The zero-order chi connectivity index (χ0) is 22.5. The number of carbonyl (C=O) groups excluding carboxylic acids is 3. The molecule has 4 N–H and O–H groups in total. The van der Waals surface area contributed by atoms with Gasteiger partial charge in [0.15, 0.2) is 5.01 Å². The number of nitrogens with zero attached hydrogens (tertiary/aromatic N) is 1. The fraction of sp³-hybridized carbons (Fsp3) is 0.476. The molecule has 0 radical (unpaired) electrons. The maximum absolute atomic E-state index is 13.3. The first-order valence-electron chi connectivity index (χ1n) is 10.2. The monoisotopic (exact) mass is 446 g/mol. The molecule has 1 aliphatic rings. The van der Waals surface area contributed by atoms with Crippen molar-refractivity contribution in [2.24, 2.45) is 11.8 Å². The summed E-state index contributed by atoms with van der Waals surface area (Å²) >= 11 is 1.23. The average molecular weight is 447 g/mol. The molecular formula is C21H26N4O5S. The van der Waals surface area contributed by atoms with Crippen LogP contribution in [0.25, 0.3) is 10.2 Å². The van der Waals surface area contributed by atoms with Crippen LogP contribution in [0, 0.1) is 11.8 Å². The summed E-state index contributed by atoms with van der Waals surface area (Å²) in [5.74, 6) is -1.47. The Morgan fingerprint density at radius 3 is 2.58 bits per heavy atom. The molecule has 31 heavy (non-hydrogen) atoms. The highest BCUT2D eigenvalue weighted by atomic mass is 32.1. The minimum atomic E-state index is -1.31. The lowest BCUT2D eigenvalue weighted by Gasteiger charge is -2.23. The number of para-hydroxylation sites is 1. The number of amides is 3. The summed E-state index contributed by atoms with van der Waals surface area (Å²) in [5, 5.41) is 17.0. The highest BCUT2D eigenvalue weighted by molar-refractivity contribution is 7.20. The van der Waals surface area contributed by atoms with Crippen molar-refractivity contribution in [1.82, 2.24) is 20.9 Å². The number of aromatic nitrogens is 1. The Kier molecular flexibility index (Phi) is 7.21. The molecule has 9 nitrogen and oxygen atoms in total. The second-order valence-corrected chi connectivity index (χ2v) is 9.09. The molecule has 10 heteroatoms. The minimum Gasteiger partial charge on any atom is -0.465 e. The van der Waals surface area contributed by atoms with Gasteiger partial charge in [-0.25, -0.2) is 9.78 Å². The van der Waals surface area contributed by atoms with Crippen LogP contribution in [0.3, 0.4) is 0 Å². The average Bonchev–Trinajstić information content (AvgIpc) is 3.31. The molecule has 1 aromatic heterocycles. The van der Waals surface area contributed by atoms with E-state index in [-0.39, 0.29) is 35.5 Å². The number of Topliss-reactive ketones (excluding diaryl/α,β-unsaturated/α-hetero) is 1. The third-order valence-electron chi connectivity index (χ3n) is 5.14. The smallest absolute Gasteiger partial charge is 0.405 e. The first-order chi connectivity index (χ1) is 14.7. The summed E-state index contributed by atoms with van der Waals surface area (Å²) in [6, 6.07) is 5.36. The highest BCUT2D eigenvalue weighted by Gasteiger charge is 2.34. The van der Waals surface area contributed by atoms with Crippen LogP contribution in [0.4, 0.5) is 4.79 Å². The van der Waals surface area contributed by atoms with Gasteiger partial charge in [-0.15, -0.1) is 11.3 Å². The number of nitrogens with one attached hydrogen (secondary N) is 3. The Balaban J connectivity index is 1.84. The molecule has 3 rings (SSSR count). The van der Waals surface area contributed by atoms with Crippen LogP contribution in [0.15, 0.2) is 24.3 Å². The van der Waals surface area contributed by atoms with Crippen LogP contribution >= 0.6 is 11.3 Å². The van der Waals surface area contributed by atoms with Crippen LogP contribution in [-0.4, -0.2) is 52.4 Å². The van der Waals surface area contributed by atoms with Crippen LogP contribution in [-0.2, 0) is 9.59 Å². The summed E-state index contributed by atoms with van der Waals surface area (Å²) in [6.45, 7) is 4.27. The van der Waals surface area contributed by atoms with Crippen LogP contribution in [0.5, 0.6) is 0 Å². The second kappa shape index (κ2) is 9.86. The summed E-state index contributed by atoms with van der Waals surface area (Å²) in [6.07, 6.45) is -0.330. The molecule has 2 aromatic rings. The normalized spacial score (nSPS) is 17.9. The Hall–Kier alpha value is -3.01. The van der Waals surface area contributed by atoms with Gasteiger partial charge in [-0.2, -0.15) is 0 Å². The first-order valence-corrected chi connectivity index (χ1v) is 11.0. The Labute approximate surface area is 183 Å². The van der Waals surface area contributed by atoms with Gasteiger partial charge in [0, 0.05) is 12.5 Å².